The van der Waals surface area contributed by atoms with E-state index >= 15 is 0 Å². The minimum atomic E-state index is -0.565. The zero-order valence-electron chi connectivity index (χ0n) is 6.92. The van der Waals surface area contributed by atoms with Gasteiger partial charge in [-0.15, -0.1) is 0 Å². The molecule has 2 aliphatic carbocycles. The Morgan fingerprint density at radius 3 is 2.92 bits per heavy atom. The van der Waals surface area contributed by atoms with Crippen LogP contribution in [0.25, 0.3) is 0 Å². The Morgan fingerprint density at radius 2 is 2.42 bits per heavy atom. The lowest BCUT2D eigenvalue weighted by Crippen LogP contribution is -2.26. The molecule has 0 heterocycles. The van der Waals surface area contributed by atoms with Crippen molar-refractivity contribution in [3.63, 3.8) is 0 Å². The van der Waals surface area contributed by atoms with E-state index in [0.717, 1.165) is 18.1 Å². The standard InChI is InChI=1S/C8H13N3O/c9-8(12)11-10-7-4-5-1-2-6(7)3-5/h5-6H,1-4H2,(H3,9,11,12). The molecule has 0 aliphatic heterocycles. The van der Waals surface area contributed by atoms with Crippen LogP contribution in [-0.4, -0.2) is 11.7 Å². The summed E-state index contributed by atoms with van der Waals surface area (Å²) in [6, 6.07) is -0.565. The van der Waals surface area contributed by atoms with Crippen LogP contribution in [0, 0.1) is 11.8 Å². The molecule has 4 nitrogen and oxygen atoms in total. The molecule has 12 heavy (non-hydrogen) atoms. The van der Waals surface area contributed by atoms with Crippen molar-refractivity contribution in [3.05, 3.63) is 0 Å². The largest absolute Gasteiger partial charge is 0.350 e. The predicted octanol–water partition coefficient (Wildman–Crippen LogP) is 0.831. The van der Waals surface area contributed by atoms with Gasteiger partial charge in [-0.2, -0.15) is 5.10 Å². The SMILES string of the molecule is NC(=O)NN=C1CC2CCC1C2. The van der Waals surface area contributed by atoms with E-state index in [1.807, 2.05) is 0 Å². The second-order valence-electron chi connectivity index (χ2n) is 3.66. The van der Waals surface area contributed by atoms with E-state index < -0.39 is 6.03 Å². The summed E-state index contributed by atoms with van der Waals surface area (Å²) < 4.78 is 0. The fourth-order valence-electron chi connectivity index (χ4n) is 2.29. The Kier molecular flexibility index (Phi) is 1.75. The van der Waals surface area contributed by atoms with Crippen LogP contribution in [0.4, 0.5) is 4.79 Å². The van der Waals surface area contributed by atoms with E-state index in [2.05, 4.69) is 10.5 Å². The molecule has 2 atom stereocenters. The number of hydrazone groups is 1. The summed E-state index contributed by atoms with van der Waals surface area (Å²) in [5, 5.41) is 4.00. The first-order chi connectivity index (χ1) is 5.75. The van der Waals surface area contributed by atoms with Gasteiger partial charge >= 0.3 is 6.03 Å². The summed E-state index contributed by atoms with van der Waals surface area (Å²) in [4.78, 5) is 10.4. The number of carbonyl (C=O) groups is 1. The number of rotatable bonds is 1. The molecule has 0 radical (unpaired) electrons. The molecule has 0 saturated heterocycles. The van der Waals surface area contributed by atoms with E-state index in [1.54, 1.807) is 0 Å². The Morgan fingerprint density at radius 1 is 1.58 bits per heavy atom. The van der Waals surface area contributed by atoms with E-state index in [9.17, 15) is 4.79 Å². The molecule has 2 amide bonds. The number of urea groups is 1. The van der Waals surface area contributed by atoms with Gasteiger partial charge in [0.1, 0.15) is 0 Å². The number of hydrogen-bond acceptors (Lipinski definition) is 2. The van der Waals surface area contributed by atoms with Crippen LogP contribution in [0.2, 0.25) is 0 Å². The minimum absolute atomic E-state index is 0.565. The van der Waals surface area contributed by atoms with Gasteiger partial charge in [0, 0.05) is 5.71 Å². The summed E-state index contributed by atoms with van der Waals surface area (Å²) >= 11 is 0. The van der Waals surface area contributed by atoms with E-state index in [-0.39, 0.29) is 0 Å². The summed E-state index contributed by atoms with van der Waals surface area (Å²) in [5.41, 5.74) is 8.35. The first-order valence-corrected chi connectivity index (χ1v) is 4.37. The van der Waals surface area contributed by atoms with Crippen molar-refractivity contribution in [2.75, 3.05) is 0 Å². The van der Waals surface area contributed by atoms with Gasteiger partial charge in [-0.1, -0.05) is 0 Å². The van der Waals surface area contributed by atoms with Crippen LogP contribution in [0.3, 0.4) is 0 Å². The Labute approximate surface area is 71.2 Å². The van der Waals surface area contributed by atoms with Gasteiger partial charge in [-0.3, -0.25) is 0 Å². The lowest BCUT2D eigenvalue weighted by Gasteiger charge is -2.10. The highest BCUT2D eigenvalue weighted by Crippen LogP contribution is 2.42. The van der Waals surface area contributed by atoms with Crippen LogP contribution < -0.4 is 11.2 Å². The second-order valence-corrected chi connectivity index (χ2v) is 3.66. The summed E-state index contributed by atoms with van der Waals surface area (Å²) in [7, 11) is 0. The van der Waals surface area contributed by atoms with Gasteiger partial charge in [0.15, 0.2) is 0 Å². The van der Waals surface area contributed by atoms with Gasteiger partial charge in [-0.25, -0.2) is 10.2 Å². The maximum absolute atomic E-state index is 10.4. The maximum atomic E-state index is 10.4. The number of fused-ring (bicyclic) bond motifs is 2. The molecule has 0 aromatic heterocycles. The smallest absolute Gasteiger partial charge is 0.332 e. The summed E-state index contributed by atoms with van der Waals surface area (Å²) in [6.45, 7) is 0. The van der Waals surface area contributed by atoms with Crippen molar-refractivity contribution in [3.8, 4) is 0 Å². The van der Waals surface area contributed by atoms with Crippen molar-refractivity contribution >= 4 is 11.7 Å². The van der Waals surface area contributed by atoms with Crippen LogP contribution in [-0.2, 0) is 0 Å². The molecule has 2 unspecified atom stereocenters. The monoisotopic (exact) mass is 167 g/mol. The number of amides is 2. The molecule has 2 bridgehead atoms. The van der Waals surface area contributed by atoms with Gasteiger partial charge in [-0.05, 0) is 37.5 Å². The maximum Gasteiger partial charge on any atom is 0.332 e. The summed E-state index contributed by atoms with van der Waals surface area (Å²) in [6.07, 6.45) is 4.90. The summed E-state index contributed by atoms with van der Waals surface area (Å²) in [5.74, 6) is 1.45. The molecule has 2 aliphatic rings. The molecule has 2 fully saturated rings. The first-order valence-electron chi connectivity index (χ1n) is 4.37. The topological polar surface area (TPSA) is 67.5 Å². The second kappa shape index (κ2) is 2.77. The molecule has 3 N–H and O–H groups in total. The third-order valence-electron chi connectivity index (χ3n) is 2.82. The zero-order valence-corrected chi connectivity index (χ0v) is 6.92. The first kappa shape index (κ1) is 7.58. The van der Waals surface area contributed by atoms with Crippen LogP contribution in [0.15, 0.2) is 5.10 Å². The fourth-order valence-corrected chi connectivity index (χ4v) is 2.29. The Balaban J connectivity index is 1.97. The molecular formula is C8H13N3O. The molecule has 0 aromatic rings. The predicted molar refractivity (Wildman–Crippen MR) is 45.6 cm³/mol. The molecule has 2 rings (SSSR count). The van der Waals surface area contributed by atoms with E-state index in [1.165, 1.54) is 19.3 Å². The minimum Gasteiger partial charge on any atom is -0.350 e. The van der Waals surface area contributed by atoms with Gasteiger partial charge < -0.3 is 5.73 Å². The van der Waals surface area contributed by atoms with Crippen molar-refractivity contribution in [2.45, 2.75) is 25.7 Å². The number of hydrogen-bond donors (Lipinski definition) is 2. The molecule has 66 valence electrons. The van der Waals surface area contributed by atoms with Crippen LogP contribution >= 0.6 is 0 Å². The zero-order chi connectivity index (χ0) is 8.55. The van der Waals surface area contributed by atoms with Crippen LogP contribution in [0.5, 0.6) is 0 Å². The van der Waals surface area contributed by atoms with Gasteiger partial charge in [0.05, 0.1) is 0 Å². The Bertz CT molecular complexity index is 236. The third-order valence-corrected chi connectivity index (χ3v) is 2.82. The molecule has 0 spiro atoms. The Hall–Kier alpha value is -1.06. The number of nitrogens with one attached hydrogen (secondary N) is 1. The average molecular weight is 167 g/mol. The van der Waals surface area contributed by atoms with Gasteiger partial charge in [0.2, 0.25) is 0 Å². The number of nitrogens with two attached hydrogens (primary N) is 1. The van der Waals surface area contributed by atoms with Crippen molar-refractivity contribution in [2.24, 2.45) is 22.7 Å². The number of nitrogens with zero attached hydrogens (tertiary/aromatic N) is 1. The number of primary amides is 1. The van der Waals surface area contributed by atoms with E-state index in [4.69, 9.17) is 5.73 Å². The molecule has 2 saturated carbocycles. The molecular weight excluding hydrogens is 154 g/mol. The quantitative estimate of drug-likeness (QED) is 0.558. The third kappa shape index (κ3) is 1.29. The van der Waals surface area contributed by atoms with E-state index in [0.29, 0.717) is 5.92 Å². The van der Waals surface area contributed by atoms with Crippen molar-refractivity contribution in [1.82, 2.24) is 5.43 Å². The highest BCUT2D eigenvalue weighted by molar-refractivity contribution is 5.90. The average Bonchev–Trinajstić information content (AvgIpc) is 2.60. The fraction of sp³-hybridized carbons (Fsp3) is 0.750. The number of carbonyl (C=O) groups excluding carboxylic acids is 1. The lowest BCUT2D eigenvalue weighted by atomic mass is 9.99. The normalized spacial score (nSPS) is 35.8. The van der Waals surface area contributed by atoms with Crippen molar-refractivity contribution in [1.29, 1.82) is 0 Å². The highest BCUT2D eigenvalue weighted by atomic mass is 16.2. The lowest BCUT2D eigenvalue weighted by molar-refractivity contribution is 0.249. The molecule has 4 heteroatoms. The van der Waals surface area contributed by atoms with Crippen LogP contribution in [0.1, 0.15) is 25.7 Å². The highest BCUT2D eigenvalue weighted by Gasteiger charge is 2.36. The van der Waals surface area contributed by atoms with Crippen molar-refractivity contribution < 1.29 is 4.79 Å². The molecule has 0 aromatic carbocycles. The van der Waals surface area contributed by atoms with Gasteiger partial charge in [0.25, 0.3) is 0 Å².